The van der Waals surface area contributed by atoms with E-state index in [1.54, 1.807) is 0 Å². The van der Waals surface area contributed by atoms with Crippen LogP contribution in [0.25, 0.3) is 6.08 Å². The Morgan fingerprint density at radius 3 is 2.39 bits per heavy atom. The van der Waals surface area contributed by atoms with Crippen molar-refractivity contribution >= 4 is 6.08 Å². The number of hydrogen-bond acceptors (Lipinski definition) is 0. The molecule has 0 N–H and O–H groups in total. The topological polar surface area (TPSA) is 0 Å². The molecule has 0 bridgehead atoms. The van der Waals surface area contributed by atoms with Crippen molar-refractivity contribution in [1.82, 2.24) is 0 Å². The van der Waals surface area contributed by atoms with Gasteiger partial charge in [-0.25, -0.2) is 0 Å². The monoisotopic (exact) mass is 236 g/mol. The van der Waals surface area contributed by atoms with Crippen LogP contribution in [0.1, 0.15) is 27.8 Å². The van der Waals surface area contributed by atoms with Crippen LogP contribution in [0.2, 0.25) is 0 Å². The first-order chi connectivity index (χ1) is 8.66. The van der Waals surface area contributed by atoms with E-state index in [2.05, 4.69) is 69.3 Å². The van der Waals surface area contributed by atoms with Gasteiger partial charge in [0.15, 0.2) is 0 Å². The predicted octanol–water partition coefficient (Wildman–Crippen LogP) is 4.87. The van der Waals surface area contributed by atoms with Gasteiger partial charge >= 0.3 is 0 Å². The molecule has 0 unspecified atom stereocenters. The largest absolute Gasteiger partial charge is 0.0795 e. The normalized spacial score (nSPS) is 11.1. The van der Waals surface area contributed by atoms with Crippen LogP contribution in [0.3, 0.4) is 0 Å². The molecule has 2 aromatic carbocycles. The average molecular weight is 236 g/mol. The lowest BCUT2D eigenvalue weighted by Gasteiger charge is -2.08. The summed E-state index contributed by atoms with van der Waals surface area (Å²) in [5.41, 5.74) is 6.84. The Morgan fingerprint density at radius 1 is 0.944 bits per heavy atom. The van der Waals surface area contributed by atoms with Crippen LogP contribution in [0.15, 0.2) is 48.5 Å². The van der Waals surface area contributed by atoms with E-state index in [1.165, 1.54) is 27.8 Å². The third-order valence-corrected chi connectivity index (χ3v) is 3.37. The maximum atomic E-state index is 2.29. The van der Waals surface area contributed by atoms with E-state index >= 15 is 0 Å². The molecule has 0 spiro atoms. The van der Waals surface area contributed by atoms with Gasteiger partial charge in [0.2, 0.25) is 0 Å². The van der Waals surface area contributed by atoms with Crippen LogP contribution in [-0.2, 0) is 6.42 Å². The highest BCUT2D eigenvalue weighted by molar-refractivity contribution is 5.50. The van der Waals surface area contributed by atoms with Gasteiger partial charge in [-0.05, 0) is 49.4 Å². The molecule has 0 radical (unpaired) electrons. The second-order valence-corrected chi connectivity index (χ2v) is 4.88. The first-order valence-electron chi connectivity index (χ1n) is 6.45. The van der Waals surface area contributed by atoms with E-state index in [0.29, 0.717) is 0 Å². The minimum atomic E-state index is 1.00. The van der Waals surface area contributed by atoms with Crippen molar-refractivity contribution < 1.29 is 0 Å². The molecule has 0 heterocycles. The number of allylic oxidation sites excluding steroid dienone is 1. The van der Waals surface area contributed by atoms with Crippen LogP contribution >= 0.6 is 0 Å². The van der Waals surface area contributed by atoms with Crippen LogP contribution in [0.5, 0.6) is 0 Å². The highest BCUT2D eigenvalue weighted by atomic mass is 14.1. The molecule has 0 aromatic heterocycles. The number of rotatable bonds is 3. The smallest absolute Gasteiger partial charge is 0.00913 e. The van der Waals surface area contributed by atoms with E-state index in [4.69, 9.17) is 0 Å². The van der Waals surface area contributed by atoms with Gasteiger partial charge in [-0.2, -0.15) is 0 Å². The summed E-state index contributed by atoms with van der Waals surface area (Å²) in [5.74, 6) is 0. The first-order valence-corrected chi connectivity index (χ1v) is 6.45. The summed E-state index contributed by atoms with van der Waals surface area (Å²) in [6.45, 7) is 6.56. The zero-order valence-corrected chi connectivity index (χ0v) is 11.4. The Kier molecular flexibility index (Phi) is 3.99. The van der Waals surface area contributed by atoms with Crippen molar-refractivity contribution in [1.29, 1.82) is 0 Å². The lowest BCUT2D eigenvalue weighted by molar-refractivity contribution is 1.16. The Hall–Kier alpha value is -1.82. The van der Waals surface area contributed by atoms with Gasteiger partial charge < -0.3 is 0 Å². The SMILES string of the molecule is Cc1cc(C)c(C)c(CC=Cc2ccccc2)c1. The summed E-state index contributed by atoms with van der Waals surface area (Å²) in [5, 5.41) is 0. The quantitative estimate of drug-likeness (QED) is 0.713. The van der Waals surface area contributed by atoms with Gasteiger partial charge in [0.1, 0.15) is 0 Å². The van der Waals surface area contributed by atoms with Crippen molar-refractivity contribution in [2.45, 2.75) is 27.2 Å². The summed E-state index contributed by atoms with van der Waals surface area (Å²) < 4.78 is 0. The van der Waals surface area contributed by atoms with Crippen molar-refractivity contribution in [3.63, 3.8) is 0 Å². The Bertz CT molecular complexity index is 548. The average Bonchev–Trinajstić information content (AvgIpc) is 2.36. The fourth-order valence-electron chi connectivity index (χ4n) is 2.23. The standard InChI is InChI=1S/C18H20/c1-14-12-15(2)16(3)18(13-14)11-7-10-17-8-5-4-6-9-17/h4-10,12-13H,11H2,1-3H3. The summed E-state index contributed by atoms with van der Waals surface area (Å²) in [4.78, 5) is 0. The molecular weight excluding hydrogens is 216 g/mol. The number of hydrogen-bond donors (Lipinski definition) is 0. The molecular formula is C18H20. The molecule has 0 nitrogen and oxygen atoms in total. The van der Waals surface area contributed by atoms with E-state index in [1.807, 2.05) is 6.07 Å². The fraction of sp³-hybridized carbons (Fsp3) is 0.222. The molecule has 0 saturated carbocycles. The molecule has 2 aromatic rings. The third-order valence-electron chi connectivity index (χ3n) is 3.37. The van der Waals surface area contributed by atoms with Crippen LogP contribution in [0, 0.1) is 20.8 Å². The van der Waals surface area contributed by atoms with E-state index in [9.17, 15) is 0 Å². The minimum Gasteiger partial charge on any atom is -0.0795 e. The van der Waals surface area contributed by atoms with Crippen molar-refractivity contribution in [2.24, 2.45) is 0 Å². The molecule has 18 heavy (non-hydrogen) atoms. The summed E-state index contributed by atoms with van der Waals surface area (Å²) >= 11 is 0. The fourth-order valence-corrected chi connectivity index (χ4v) is 2.23. The molecule has 0 heteroatoms. The maximum Gasteiger partial charge on any atom is -0.00913 e. The summed E-state index contributed by atoms with van der Waals surface area (Å²) in [6, 6.07) is 15.0. The lowest BCUT2D eigenvalue weighted by Crippen LogP contribution is -1.92. The Labute approximate surface area is 110 Å². The Morgan fingerprint density at radius 2 is 1.67 bits per heavy atom. The molecule has 92 valence electrons. The van der Waals surface area contributed by atoms with Gasteiger partial charge in [-0.15, -0.1) is 0 Å². The second-order valence-electron chi connectivity index (χ2n) is 4.88. The van der Waals surface area contributed by atoms with Crippen molar-refractivity contribution in [3.8, 4) is 0 Å². The zero-order chi connectivity index (χ0) is 13.0. The van der Waals surface area contributed by atoms with Gasteiger partial charge in [0, 0.05) is 0 Å². The van der Waals surface area contributed by atoms with Gasteiger partial charge in [0.05, 0.1) is 0 Å². The van der Waals surface area contributed by atoms with E-state index in [-0.39, 0.29) is 0 Å². The van der Waals surface area contributed by atoms with Crippen molar-refractivity contribution in [2.75, 3.05) is 0 Å². The van der Waals surface area contributed by atoms with Gasteiger partial charge in [-0.3, -0.25) is 0 Å². The molecule has 0 aliphatic heterocycles. The second kappa shape index (κ2) is 5.68. The van der Waals surface area contributed by atoms with E-state index in [0.717, 1.165) is 6.42 Å². The molecule has 0 amide bonds. The number of aryl methyl sites for hydroxylation is 2. The highest BCUT2D eigenvalue weighted by Crippen LogP contribution is 2.17. The summed E-state index contributed by atoms with van der Waals surface area (Å²) in [7, 11) is 0. The molecule has 0 saturated heterocycles. The number of benzene rings is 2. The van der Waals surface area contributed by atoms with Gasteiger partial charge in [-0.1, -0.05) is 60.2 Å². The zero-order valence-electron chi connectivity index (χ0n) is 11.4. The van der Waals surface area contributed by atoms with Crippen LogP contribution in [0.4, 0.5) is 0 Å². The van der Waals surface area contributed by atoms with Crippen molar-refractivity contribution in [3.05, 3.63) is 76.4 Å². The summed E-state index contributed by atoms with van der Waals surface area (Å²) in [6.07, 6.45) is 5.44. The highest BCUT2D eigenvalue weighted by Gasteiger charge is 2.00. The Balaban J connectivity index is 2.14. The molecule has 0 fully saturated rings. The van der Waals surface area contributed by atoms with Gasteiger partial charge in [0.25, 0.3) is 0 Å². The van der Waals surface area contributed by atoms with Crippen LogP contribution < -0.4 is 0 Å². The predicted molar refractivity (Wildman–Crippen MR) is 79.8 cm³/mol. The third kappa shape index (κ3) is 3.10. The molecule has 2 rings (SSSR count). The molecule has 0 aliphatic rings. The lowest BCUT2D eigenvalue weighted by atomic mass is 9.97. The molecule has 0 atom stereocenters. The van der Waals surface area contributed by atoms with Crippen LogP contribution in [-0.4, -0.2) is 0 Å². The van der Waals surface area contributed by atoms with E-state index < -0.39 is 0 Å². The molecule has 0 aliphatic carbocycles. The first kappa shape index (κ1) is 12.6. The maximum absolute atomic E-state index is 2.29. The minimum absolute atomic E-state index is 1.00.